The van der Waals surface area contributed by atoms with E-state index in [9.17, 15) is 9.59 Å². The van der Waals surface area contributed by atoms with Crippen molar-refractivity contribution >= 4 is 11.8 Å². The molecule has 5 heteroatoms. The highest BCUT2D eigenvalue weighted by Gasteiger charge is 2.25. The third kappa shape index (κ3) is 3.20. The highest BCUT2D eigenvalue weighted by Crippen LogP contribution is 2.18. The van der Waals surface area contributed by atoms with Crippen LogP contribution < -0.4 is 10.6 Å². The van der Waals surface area contributed by atoms with E-state index < -0.39 is 0 Å². The summed E-state index contributed by atoms with van der Waals surface area (Å²) in [6.45, 7) is 3.09. The monoisotopic (exact) mass is 211 g/mol. The molecule has 0 radical (unpaired) electrons. The molecule has 0 bridgehead atoms. The fourth-order valence-electron chi connectivity index (χ4n) is 1.67. The number of carbonyl (C=O) groups excluding carboxylic acids is 2. The van der Waals surface area contributed by atoms with Crippen LogP contribution in [0.2, 0.25) is 0 Å². The van der Waals surface area contributed by atoms with Gasteiger partial charge >= 0.3 is 0 Å². The Bertz CT molecular complexity index is 257. The van der Waals surface area contributed by atoms with Crippen LogP contribution >= 0.6 is 0 Å². The maximum absolute atomic E-state index is 11.6. The molecule has 2 aliphatic rings. The number of hydrogen-bond donors (Lipinski definition) is 2. The number of carbonyl (C=O) groups is 2. The molecule has 5 nitrogen and oxygen atoms in total. The number of rotatable bonds is 3. The Hall–Kier alpha value is -1.10. The normalized spacial score (nSPS) is 21.2. The van der Waals surface area contributed by atoms with E-state index >= 15 is 0 Å². The Balaban J connectivity index is 1.71. The van der Waals surface area contributed by atoms with E-state index in [4.69, 9.17) is 0 Å². The summed E-state index contributed by atoms with van der Waals surface area (Å²) >= 11 is 0. The van der Waals surface area contributed by atoms with Crippen LogP contribution in [-0.2, 0) is 9.59 Å². The first-order valence-corrected chi connectivity index (χ1v) is 5.53. The quantitative estimate of drug-likeness (QED) is 0.594. The topological polar surface area (TPSA) is 61.4 Å². The van der Waals surface area contributed by atoms with Gasteiger partial charge in [-0.15, -0.1) is 0 Å². The lowest BCUT2D eigenvalue weighted by Gasteiger charge is -2.27. The fourth-order valence-corrected chi connectivity index (χ4v) is 1.67. The molecule has 0 atom stereocenters. The number of nitrogens with zero attached hydrogens (tertiary/aromatic N) is 1. The second-order valence-corrected chi connectivity index (χ2v) is 4.15. The summed E-state index contributed by atoms with van der Waals surface area (Å²) in [6, 6.07) is 0.341. The number of piperazine rings is 1. The number of amides is 2. The highest BCUT2D eigenvalue weighted by atomic mass is 16.2. The summed E-state index contributed by atoms with van der Waals surface area (Å²) in [6.07, 6.45) is 2.14. The first-order chi connectivity index (χ1) is 7.25. The van der Waals surface area contributed by atoms with Crippen LogP contribution in [0, 0.1) is 0 Å². The molecular formula is C10H17N3O2. The molecule has 0 spiro atoms. The van der Waals surface area contributed by atoms with E-state index in [2.05, 4.69) is 10.6 Å². The van der Waals surface area contributed by atoms with Crippen LogP contribution in [0.15, 0.2) is 0 Å². The van der Waals surface area contributed by atoms with E-state index in [1.807, 2.05) is 0 Å². The SMILES string of the molecule is O=C(CC(=O)N1CCNCC1)NC1CC1. The maximum Gasteiger partial charge on any atom is 0.232 e. The molecule has 1 heterocycles. The Morgan fingerprint density at radius 3 is 2.53 bits per heavy atom. The van der Waals surface area contributed by atoms with Gasteiger partial charge in [-0.25, -0.2) is 0 Å². The molecule has 2 amide bonds. The zero-order valence-corrected chi connectivity index (χ0v) is 8.79. The van der Waals surface area contributed by atoms with Crippen molar-refractivity contribution < 1.29 is 9.59 Å². The predicted octanol–water partition coefficient (Wildman–Crippen LogP) is -0.913. The largest absolute Gasteiger partial charge is 0.353 e. The fraction of sp³-hybridized carbons (Fsp3) is 0.800. The Kier molecular flexibility index (Phi) is 3.20. The molecule has 2 rings (SSSR count). The van der Waals surface area contributed by atoms with E-state index in [1.54, 1.807) is 4.90 Å². The molecule has 2 N–H and O–H groups in total. The lowest BCUT2D eigenvalue weighted by atomic mass is 10.3. The summed E-state index contributed by atoms with van der Waals surface area (Å²) in [4.78, 5) is 24.8. The van der Waals surface area contributed by atoms with Gasteiger partial charge in [0.25, 0.3) is 0 Å². The molecule has 1 aliphatic heterocycles. The van der Waals surface area contributed by atoms with Gasteiger partial charge in [-0.05, 0) is 12.8 Å². The molecule has 0 aromatic heterocycles. The second-order valence-electron chi connectivity index (χ2n) is 4.15. The van der Waals surface area contributed by atoms with E-state index in [-0.39, 0.29) is 18.2 Å². The smallest absolute Gasteiger partial charge is 0.232 e. The first kappa shape index (κ1) is 10.4. The molecule has 0 unspecified atom stereocenters. The summed E-state index contributed by atoms with van der Waals surface area (Å²) in [5, 5.41) is 5.99. The van der Waals surface area contributed by atoms with Crippen LogP contribution in [0.3, 0.4) is 0 Å². The zero-order valence-electron chi connectivity index (χ0n) is 8.79. The van der Waals surface area contributed by atoms with Crippen LogP contribution in [0.1, 0.15) is 19.3 Å². The third-order valence-corrected chi connectivity index (χ3v) is 2.72. The van der Waals surface area contributed by atoms with Crippen molar-refractivity contribution in [2.75, 3.05) is 26.2 Å². The second kappa shape index (κ2) is 4.61. The third-order valence-electron chi connectivity index (χ3n) is 2.72. The van der Waals surface area contributed by atoms with Crippen LogP contribution in [-0.4, -0.2) is 48.9 Å². The lowest BCUT2D eigenvalue weighted by molar-refractivity contribution is -0.136. The van der Waals surface area contributed by atoms with E-state index in [0.29, 0.717) is 6.04 Å². The van der Waals surface area contributed by atoms with Gasteiger partial charge < -0.3 is 15.5 Å². The van der Waals surface area contributed by atoms with Crippen LogP contribution in [0.25, 0.3) is 0 Å². The standard InChI is InChI=1S/C10H17N3O2/c14-9(12-8-1-2-8)7-10(15)13-5-3-11-4-6-13/h8,11H,1-7H2,(H,12,14). The van der Waals surface area contributed by atoms with Crippen molar-refractivity contribution in [3.8, 4) is 0 Å². The molecule has 15 heavy (non-hydrogen) atoms. The van der Waals surface area contributed by atoms with Crippen LogP contribution in [0.4, 0.5) is 0 Å². The summed E-state index contributed by atoms with van der Waals surface area (Å²) in [5.41, 5.74) is 0. The minimum absolute atomic E-state index is 0.0104. The van der Waals surface area contributed by atoms with Crippen molar-refractivity contribution in [1.82, 2.24) is 15.5 Å². The van der Waals surface area contributed by atoms with Crippen molar-refractivity contribution in [2.45, 2.75) is 25.3 Å². The summed E-state index contributed by atoms with van der Waals surface area (Å²) < 4.78 is 0. The van der Waals surface area contributed by atoms with E-state index in [0.717, 1.165) is 39.0 Å². The molecule has 0 aromatic carbocycles. The zero-order chi connectivity index (χ0) is 10.7. The predicted molar refractivity (Wildman–Crippen MR) is 55.2 cm³/mol. The Morgan fingerprint density at radius 1 is 1.27 bits per heavy atom. The van der Waals surface area contributed by atoms with Gasteiger partial charge in [0.15, 0.2) is 0 Å². The molecular weight excluding hydrogens is 194 g/mol. The minimum atomic E-state index is -0.124. The van der Waals surface area contributed by atoms with Gasteiger partial charge in [-0.3, -0.25) is 9.59 Å². The summed E-state index contributed by atoms with van der Waals surface area (Å²) in [7, 11) is 0. The molecule has 84 valence electrons. The average molecular weight is 211 g/mol. The highest BCUT2D eigenvalue weighted by molar-refractivity contribution is 5.97. The maximum atomic E-state index is 11.6. The van der Waals surface area contributed by atoms with Gasteiger partial charge in [-0.1, -0.05) is 0 Å². The van der Waals surface area contributed by atoms with Crippen molar-refractivity contribution in [1.29, 1.82) is 0 Å². The minimum Gasteiger partial charge on any atom is -0.353 e. The first-order valence-electron chi connectivity index (χ1n) is 5.53. The number of nitrogens with one attached hydrogen (secondary N) is 2. The molecule has 1 aliphatic carbocycles. The Labute approximate surface area is 89.2 Å². The van der Waals surface area contributed by atoms with Gasteiger partial charge in [0.2, 0.25) is 11.8 Å². The molecule has 2 fully saturated rings. The lowest BCUT2D eigenvalue weighted by Crippen LogP contribution is -2.47. The number of hydrogen-bond acceptors (Lipinski definition) is 3. The van der Waals surface area contributed by atoms with Gasteiger partial charge in [0, 0.05) is 32.2 Å². The molecule has 1 saturated carbocycles. The van der Waals surface area contributed by atoms with Crippen molar-refractivity contribution in [2.24, 2.45) is 0 Å². The van der Waals surface area contributed by atoms with Crippen molar-refractivity contribution in [3.05, 3.63) is 0 Å². The Morgan fingerprint density at radius 2 is 1.93 bits per heavy atom. The average Bonchev–Trinajstić information content (AvgIpc) is 3.03. The molecule has 1 saturated heterocycles. The van der Waals surface area contributed by atoms with E-state index in [1.165, 1.54) is 0 Å². The van der Waals surface area contributed by atoms with Crippen molar-refractivity contribution in [3.63, 3.8) is 0 Å². The summed E-state index contributed by atoms with van der Waals surface area (Å²) in [5.74, 6) is -0.171. The molecule has 0 aromatic rings. The van der Waals surface area contributed by atoms with Gasteiger partial charge in [0.05, 0.1) is 0 Å². The van der Waals surface area contributed by atoms with Crippen LogP contribution in [0.5, 0.6) is 0 Å². The van der Waals surface area contributed by atoms with Gasteiger partial charge in [0.1, 0.15) is 6.42 Å². The van der Waals surface area contributed by atoms with Gasteiger partial charge in [-0.2, -0.15) is 0 Å².